The molecule has 0 spiro atoms. The van der Waals surface area contributed by atoms with Crippen molar-refractivity contribution in [3.05, 3.63) is 61.1 Å². The molecule has 6 rings (SSSR count). The molecule has 3 aliphatic rings. The minimum Gasteiger partial charge on any atom is -0.458 e. The van der Waals surface area contributed by atoms with Gasteiger partial charge in [-0.25, -0.2) is 14.2 Å². The van der Waals surface area contributed by atoms with Gasteiger partial charge in [-0.1, -0.05) is 39.3 Å². The summed E-state index contributed by atoms with van der Waals surface area (Å²) in [5, 5.41) is 20.3. The Hall–Kier alpha value is -2.85. The van der Waals surface area contributed by atoms with E-state index < -0.39 is 17.9 Å². The third kappa shape index (κ3) is 4.41. The van der Waals surface area contributed by atoms with Crippen LogP contribution < -0.4 is 5.56 Å². The summed E-state index contributed by atoms with van der Waals surface area (Å²) < 4.78 is 26.8. The number of nitrogens with zero attached hydrogens (tertiary/aromatic N) is 2. The maximum Gasteiger partial charge on any atom is 0.340 e. The number of fused-ring (bicyclic) bond motifs is 5. The number of carbonyl (C=O) groups is 1. The first-order chi connectivity index (χ1) is 18.4. The number of hydrogen-bond acceptors (Lipinski definition) is 7. The molecular weight excluding hydrogens is 515 g/mol. The van der Waals surface area contributed by atoms with Gasteiger partial charge in [0, 0.05) is 28.5 Å². The van der Waals surface area contributed by atoms with E-state index in [-0.39, 0.29) is 54.0 Å². The number of esters is 1. The molecule has 0 saturated heterocycles. The summed E-state index contributed by atoms with van der Waals surface area (Å²) in [6.45, 7) is 8.49. The Labute approximate surface area is 225 Å². The Morgan fingerprint density at radius 1 is 1.18 bits per heavy atom. The second kappa shape index (κ2) is 11.5. The summed E-state index contributed by atoms with van der Waals surface area (Å²) in [7, 11) is 0. The average Bonchev–Trinajstić information content (AvgIpc) is 3.31. The van der Waals surface area contributed by atoms with Crippen LogP contribution in [0.3, 0.4) is 0 Å². The highest BCUT2D eigenvalue weighted by Gasteiger charge is 2.37. The summed E-state index contributed by atoms with van der Waals surface area (Å²) in [4.78, 5) is 29.9. The first kappa shape index (κ1) is 28.2. The number of rotatable bonds is 4. The van der Waals surface area contributed by atoms with E-state index in [1.807, 2.05) is 27.7 Å². The average molecular weight is 547 g/mol. The Kier molecular flexibility index (Phi) is 8.52. The van der Waals surface area contributed by atoms with Crippen molar-refractivity contribution >= 4 is 28.5 Å². The van der Waals surface area contributed by atoms with E-state index in [2.05, 4.69) is 0 Å². The lowest BCUT2D eigenvalue weighted by Crippen LogP contribution is -2.32. The van der Waals surface area contributed by atoms with Crippen LogP contribution in [0.15, 0.2) is 16.9 Å². The van der Waals surface area contributed by atoms with Gasteiger partial charge in [0.25, 0.3) is 5.56 Å². The van der Waals surface area contributed by atoms with Gasteiger partial charge in [-0.05, 0) is 30.0 Å². The third-order valence-corrected chi connectivity index (χ3v) is 7.39. The third-order valence-electron chi connectivity index (χ3n) is 6.98. The molecule has 0 fully saturated rings. The van der Waals surface area contributed by atoms with E-state index in [4.69, 9.17) is 31.2 Å². The molecule has 0 saturated carbocycles. The topological polar surface area (TPSA) is 111 Å². The van der Waals surface area contributed by atoms with Gasteiger partial charge in [-0.3, -0.25) is 4.79 Å². The number of ether oxygens (including phenoxy) is 2. The van der Waals surface area contributed by atoms with Gasteiger partial charge in [0.05, 0.1) is 53.9 Å². The monoisotopic (exact) mass is 546 g/mol. The fourth-order valence-electron chi connectivity index (χ4n) is 5.45. The second-order valence-electron chi connectivity index (χ2n) is 8.80. The van der Waals surface area contributed by atoms with Crippen LogP contribution in [0.2, 0.25) is 5.02 Å². The van der Waals surface area contributed by atoms with Crippen molar-refractivity contribution in [2.75, 3.05) is 19.8 Å². The molecule has 8 nitrogen and oxygen atoms in total. The number of pyridine rings is 2. The molecule has 204 valence electrons. The molecule has 2 N–H and O–H groups in total. The smallest absolute Gasteiger partial charge is 0.340 e. The number of cyclic esters (lactones) is 1. The highest BCUT2D eigenvalue weighted by Crippen LogP contribution is 2.46. The first-order valence-corrected chi connectivity index (χ1v) is 13.4. The minimum atomic E-state index is -1.55. The van der Waals surface area contributed by atoms with Crippen molar-refractivity contribution in [3.8, 4) is 11.4 Å². The van der Waals surface area contributed by atoms with Gasteiger partial charge in [0.15, 0.2) is 6.10 Å². The number of aliphatic hydroxyl groups excluding tert-OH is 2. The van der Waals surface area contributed by atoms with Crippen LogP contribution in [-0.2, 0) is 33.8 Å². The van der Waals surface area contributed by atoms with E-state index in [0.717, 1.165) is 16.5 Å². The highest BCUT2D eigenvalue weighted by atomic mass is 35.5. The standard InChI is InChI=1S/C24H20ClFN2O6.2C2H6/c25-20-11-2-1-10(8-33-4-3-29)18-13-7-28-17(21(13)27-16(19(11)18)6-15(20)26)5-12-14(23(28)31)9-34-24(32)22(12)30;2*1-2/h5-6,10,22,29-30H,1-4,7-9H2;2*1-2H3. The van der Waals surface area contributed by atoms with Gasteiger partial charge in [-0.2, -0.15) is 0 Å². The van der Waals surface area contributed by atoms with Crippen molar-refractivity contribution in [3.63, 3.8) is 0 Å². The van der Waals surface area contributed by atoms with E-state index in [0.29, 0.717) is 41.9 Å². The number of halogens is 2. The second-order valence-corrected chi connectivity index (χ2v) is 9.17. The largest absolute Gasteiger partial charge is 0.458 e. The van der Waals surface area contributed by atoms with Crippen molar-refractivity contribution in [1.29, 1.82) is 0 Å². The SMILES string of the molecule is CC.CC.O=C1OCc2c(cc3n(c2=O)Cc2c-3nc3cc(F)c(Cl)c4c3c2C(COCCO)CC4)C1O. The van der Waals surface area contributed by atoms with Crippen molar-refractivity contribution in [1.82, 2.24) is 9.55 Å². The molecule has 2 atom stereocenters. The number of hydrogen-bond donors (Lipinski definition) is 2. The van der Waals surface area contributed by atoms with Crippen molar-refractivity contribution in [2.45, 2.75) is 65.7 Å². The van der Waals surface area contributed by atoms with Gasteiger partial charge >= 0.3 is 5.97 Å². The summed E-state index contributed by atoms with van der Waals surface area (Å²) >= 11 is 6.34. The highest BCUT2D eigenvalue weighted by molar-refractivity contribution is 6.32. The molecule has 1 aromatic carbocycles. The minimum absolute atomic E-state index is 0.0602. The maximum atomic E-state index is 14.7. The van der Waals surface area contributed by atoms with Gasteiger partial charge in [-0.15, -0.1) is 0 Å². The number of aliphatic hydroxyl groups is 2. The van der Waals surface area contributed by atoms with Crippen LogP contribution in [0.5, 0.6) is 0 Å². The van der Waals surface area contributed by atoms with E-state index in [1.165, 1.54) is 6.07 Å². The van der Waals surface area contributed by atoms with Crippen LogP contribution in [0.1, 0.15) is 74.0 Å². The zero-order valence-electron chi connectivity index (χ0n) is 21.9. The van der Waals surface area contributed by atoms with Crippen molar-refractivity contribution in [2.24, 2.45) is 0 Å². The molecule has 0 radical (unpaired) electrons. The molecule has 0 bridgehead atoms. The van der Waals surface area contributed by atoms with E-state index >= 15 is 0 Å². The zero-order valence-corrected chi connectivity index (χ0v) is 22.7. The molecule has 2 aliphatic heterocycles. The lowest BCUT2D eigenvalue weighted by Gasteiger charge is -2.28. The van der Waals surface area contributed by atoms with Crippen LogP contribution in [-0.4, -0.2) is 45.6 Å². The van der Waals surface area contributed by atoms with Crippen LogP contribution >= 0.6 is 11.6 Å². The van der Waals surface area contributed by atoms with Crippen LogP contribution in [0, 0.1) is 5.82 Å². The summed E-state index contributed by atoms with van der Waals surface area (Å²) in [5.41, 5.74) is 3.90. The molecule has 2 unspecified atom stereocenters. The predicted octanol–water partition coefficient (Wildman–Crippen LogP) is 4.40. The molecule has 1 aliphatic carbocycles. The lowest BCUT2D eigenvalue weighted by molar-refractivity contribution is -0.157. The van der Waals surface area contributed by atoms with Crippen molar-refractivity contribution < 1.29 is 28.9 Å². The number of carbonyl (C=O) groups excluding carboxylic acids is 1. The number of aryl methyl sites for hydroxylation is 1. The zero-order chi connectivity index (χ0) is 27.7. The summed E-state index contributed by atoms with van der Waals surface area (Å²) in [5.74, 6) is -1.43. The molecule has 10 heteroatoms. The van der Waals surface area contributed by atoms with Crippen LogP contribution in [0.25, 0.3) is 22.3 Å². The predicted molar refractivity (Wildman–Crippen MR) is 142 cm³/mol. The Balaban J connectivity index is 0.000000804. The Morgan fingerprint density at radius 3 is 2.63 bits per heavy atom. The molecule has 0 amide bonds. The maximum absolute atomic E-state index is 14.7. The van der Waals surface area contributed by atoms with E-state index in [9.17, 15) is 19.1 Å². The summed E-state index contributed by atoms with van der Waals surface area (Å²) in [6, 6.07) is 2.90. The fraction of sp³-hybridized carbons (Fsp3) is 0.464. The Morgan fingerprint density at radius 2 is 1.92 bits per heavy atom. The van der Waals surface area contributed by atoms with Gasteiger partial charge in [0.1, 0.15) is 12.4 Å². The molecular formula is C28H32ClFN2O6. The fourth-order valence-corrected chi connectivity index (χ4v) is 5.70. The normalized spacial score (nSPS) is 18.4. The molecule has 2 aromatic heterocycles. The van der Waals surface area contributed by atoms with E-state index in [1.54, 1.807) is 10.6 Å². The molecule has 3 aromatic rings. The number of benzene rings is 1. The summed E-state index contributed by atoms with van der Waals surface area (Å²) in [6.07, 6.45) is -0.330. The van der Waals surface area contributed by atoms with Crippen LogP contribution in [0.4, 0.5) is 4.39 Å². The van der Waals surface area contributed by atoms with Gasteiger partial charge in [0.2, 0.25) is 0 Å². The first-order valence-electron chi connectivity index (χ1n) is 13.0. The lowest BCUT2D eigenvalue weighted by atomic mass is 9.80. The Bertz CT molecular complexity index is 1450. The number of aromatic nitrogens is 2. The van der Waals surface area contributed by atoms with Gasteiger partial charge < -0.3 is 24.3 Å². The quantitative estimate of drug-likeness (QED) is 0.288. The molecule has 38 heavy (non-hydrogen) atoms. The molecule has 4 heterocycles.